The molecule has 1 fully saturated rings. The smallest absolute Gasteiger partial charge is 0.324 e. The number of furan rings is 1. The van der Waals surface area contributed by atoms with Crippen molar-refractivity contribution in [3.63, 3.8) is 0 Å². The summed E-state index contributed by atoms with van der Waals surface area (Å²) in [6.07, 6.45) is 0. The molecule has 3 heterocycles. The number of para-hydroxylation sites is 1. The number of thiazole rings is 1. The minimum atomic E-state index is -0.424. The van der Waals surface area contributed by atoms with Crippen LogP contribution in [0.4, 0.5) is 4.79 Å². The number of hydrogen-bond acceptors (Lipinski definition) is 6. The molecule has 1 aliphatic heterocycles. The molecule has 0 radical (unpaired) electrons. The Morgan fingerprint density at radius 1 is 1.12 bits per heavy atom. The van der Waals surface area contributed by atoms with Crippen LogP contribution >= 0.6 is 11.3 Å². The molecule has 160 valence electrons. The van der Waals surface area contributed by atoms with Gasteiger partial charge in [-0.1, -0.05) is 24.3 Å². The van der Waals surface area contributed by atoms with Crippen LogP contribution in [0.1, 0.15) is 21.7 Å². The summed E-state index contributed by atoms with van der Waals surface area (Å²) in [7, 11) is 0. The molecule has 4 aromatic rings. The third-order valence-corrected chi connectivity index (χ3v) is 6.11. The van der Waals surface area contributed by atoms with Crippen molar-refractivity contribution in [3.8, 4) is 10.8 Å². The van der Waals surface area contributed by atoms with Gasteiger partial charge in [0.15, 0.2) is 10.8 Å². The molecule has 32 heavy (non-hydrogen) atoms. The zero-order chi connectivity index (χ0) is 22.1. The summed E-state index contributed by atoms with van der Waals surface area (Å²) in [6.45, 7) is 0.345. The summed E-state index contributed by atoms with van der Waals surface area (Å²) < 4.78 is 6.95. The van der Waals surface area contributed by atoms with E-state index in [1.165, 1.54) is 0 Å². The van der Waals surface area contributed by atoms with Crippen LogP contribution in [-0.2, 0) is 17.9 Å². The number of carbonyl (C=O) groups excluding carboxylic acids is 3. The van der Waals surface area contributed by atoms with E-state index in [1.807, 2.05) is 36.4 Å². The van der Waals surface area contributed by atoms with Crippen LogP contribution in [0.25, 0.3) is 21.0 Å². The Labute approximate surface area is 186 Å². The predicted molar refractivity (Wildman–Crippen MR) is 119 cm³/mol. The first kappa shape index (κ1) is 20.0. The highest BCUT2D eigenvalue weighted by atomic mass is 32.1. The molecule has 8 nitrogen and oxygen atoms in total. The maximum atomic E-state index is 12.6. The number of benzene rings is 2. The van der Waals surface area contributed by atoms with Gasteiger partial charge in [-0.2, -0.15) is 0 Å². The number of fused-ring (bicyclic) bond motifs is 1. The van der Waals surface area contributed by atoms with Crippen molar-refractivity contribution in [1.82, 2.24) is 20.5 Å². The van der Waals surface area contributed by atoms with Crippen LogP contribution in [0, 0.1) is 0 Å². The molecular weight excluding hydrogens is 428 g/mol. The maximum Gasteiger partial charge on any atom is 0.324 e. The molecule has 1 aliphatic rings. The number of rotatable bonds is 6. The highest BCUT2D eigenvalue weighted by Gasteiger charge is 2.28. The van der Waals surface area contributed by atoms with Gasteiger partial charge in [-0.15, -0.1) is 11.3 Å². The van der Waals surface area contributed by atoms with Crippen molar-refractivity contribution in [2.75, 3.05) is 6.54 Å². The van der Waals surface area contributed by atoms with Gasteiger partial charge >= 0.3 is 6.03 Å². The topological polar surface area (TPSA) is 105 Å². The number of urea groups is 1. The minimum absolute atomic E-state index is 0.00115. The molecule has 0 spiro atoms. The summed E-state index contributed by atoms with van der Waals surface area (Å²) in [5, 5.41) is 6.11. The van der Waals surface area contributed by atoms with Crippen molar-refractivity contribution in [1.29, 1.82) is 0 Å². The number of carbonyl (C=O) groups is 3. The molecule has 1 saturated heterocycles. The molecule has 5 rings (SSSR count). The first-order chi connectivity index (χ1) is 15.6. The van der Waals surface area contributed by atoms with Gasteiger partial charge in [-0.3, -0.25) is 14.5 Å². The van der Waals surface area contributed by atoms with Crippen molar-refractivity contribution < 1.29 is 18.8 Å². The average Bonchev–Trinajstić information content (AvgIpc) is 3.52. The molecule has 0 unspecified atom stereocenters. The molecule has 0 aliphatic carbocycles. The molecule has 0 atom stereocenters. The normalized spacial score (nSPS) is 13.6. The second kappa shape index (κ2) is 8.27. The van der Waals surface area contributed by atoms with Gasteiger partial charge in [0.25, 0.3) is 5.91 Å². The zero-order valence-electron chi connectivity index (χ0n) is 16.8. The highest BCUT2D eigenvalue weighted by Crippen LogP contribution is 2.31. The van der Waals surface area contributed by atoms with Gasteiger partial charge < -0.3 is 15.1 Å². The van der Waals surface area contributed by atoms with E-state index in [2.05, 4.69) is 15.6 Å². The zero-order valence-corrected chi connectivity index (χ0v) is 17.6. The van der Waals surface area contributed by atoms with Crippen LogP contribution in [0.15, 0.2) is 65.1 Å². The monoisotopic (exact) mass is 446 g/mol. The van der Waals surface area contributed by atoms with E-state index in [-0.39, 0.29) is 31.4 Å². The molecule has 0 bridgehead atoms. The Morgan fingerprint density at radius 2 is 2.00 bits per heavy atom. The Bertz CT molecular complexity index is 1290. The van der Waals surface area contributed by atoms with Gasteiger partial charge in [0.05, 0.1) is 29.9 Å². The van der Waals surface area contributed by atoms with Crippen LogP contribution in [-0.4, -0.2) is 34.3 Å². The third-order valence-electron chi connectivity index (χ3n) is 5.06. The van der Waals surface area contributed by atoms with Gasteiger partial charge in [0.1, 0.15) is 5.76 Å². The van der Waals surface area contributed by atoms with Crippen LogP contribution in [0.2, 0.25) is 0 Å². The number of nitrogens with zero attached hydrogens (tertiary/aromatic N) is 2. The van der Waals surface area contributed by atoms with Gasteiger partial charge in [0, 0.05) is 5.56 Å². The predicted octanol–water partition coefficient (Wildman–Crippen LogP) is 3.54. The van der Waals surface area contributed by atoms with Crippen molar-refractivity contribution >= 4 is 39.4 Å². The summed E-state index contributed by atoms with van der Waals surface area (Å²) in [5.41, 5.74) is 2.05. The fourth-order valence-corrected chi connectivity index (χ4v) is 4.37. The van der Waals surface area contributed by atoms with Crippen molar-refractivity contribution in [2.45, 2.75) is 13.1 Å². The third kappa shape index (κ3) is 3.97. The first-order valence-corrected chi connectivity index (χ1v) is 10.8. The van der Waals surface area contributed by atoms with Gasteiger partial charge in [-0.25, -0.2) is 9.78 Å². The quantitative estimate of drug-likeness (QED) is 0.441. The van der Waals surface area contributed by atoms with E-state index in [4.69, 9.17) is 4.42 Å². The fourth-order valence-electron chi connectivity index (χ4n) is 3.44. The maximum absolute atomic E-state index is 12.6. The molecular formula is C23H18N4O4S. The van der Waals surface area contributed by atoms with Crippen molar-refractivity contribution in [2.24, 2.45) is 0 Å². The Kier molecular flexibility index (Phi) is 5.16. The number of hydrogen-bond donors (Lipinski definition) is 2. The van der Waals surface area contributed by atoms with E-state index in [0.29, 0.717) is 22.6 Å². The SMILES string of the molecule is O=C(NCc1ccc(-c2nc3ccccc3s2)o1)c1cccc(CN2C(=O)CNC2=O)c1. The second-order valence-electron chi connectivity index (χ2n) is 7.27. The standard InChI is InChI=1S/C23H18N4O4S/c28-20-12-25-23(30)27(20)13-14-4-3-5-15(10-14)21(29)24-11-16-8-9-18(31-16)22-26-17-6-1-2-7-19(17)32-22/h1-10H,11-13H2,(H,24,29)(H,25,30). The number of nitrogens with one attached hydrogen (secondary N) is 2. The van der Waals surface area contributed by atoms with E-state index in [0.717, 1.165) is 20.1 Å². The molecule has 9 heteroatoms. The lowest BCUT2D eigenvalue weighted by atomic mass is 10.1. The lowest BCUT2D eigenvalue weighted by molar-refractivity contribution is -0.125. The van der Waals surface area contributed by atoms with Crippen molar-refractivity contribution in [3.05, 3.63) is 77.6 Å². The summed E-state index contributed by atoms with van der Waals surface area (Å²) in [4.78, 5) is 41.8. The molecule has 0 saturated carbocycles. The Hall–Kier alpha value is -3.98. The van der Waals surface area contributed by atoms with Crippen LogP contribution < -0.4 is 10.6 Å². The van der Waals surface area contributed by atoms with Crippen LogP contribution in [0.5, 0.6) is 0 Å². The van der Waals surface area contributed by atoms with E-state index in [9.17, 15) is 14.4 Å². The molecule has 2 aromatic carbocycles. The molecule has 4 amide bonds. The van der Waals surface area contributed by atoms with E-state index in [1.54, 1.807) is 35.6 Å². The van der Waals surface area contributed by atoms with Crippen LogP contribution in [0.3, 0.4) is 0 Å². The largest absolute Gasteiger partial charge is 0.457 e. The lowest BCUT2D eigenvalue weighted by Gasteiger charge is -2.13. The highest BCUT2D eigenvalue weighted by molar-refractivity contribution is 7.21. The number of aromatic nitrogens is 1. The molecule has 2 aromatic heterocycles. The summed E-state index contributed by atoms with van der Waals surface area (Å²) in [5.74, 6) is 0.711. The second-order valence-corrected chi connectivity index (χ2v) is 8.30. The lowest BCUT2D eigenvalue weighted by Crippen LogP contribution is -2.30. The Balaban J connectivity index is 1.23. The first-order valence-electron chi connectivity index (χ1n) is 9.97. The Morgan fingerprint density at radius 3 is 2.81 bits per heavy atom. The fraction of sp³-hybridized carbons (Fsp3) is 0.130. The van der Waals surface area contributed by atoms with E-state index >= 15 is 0 Å². The summed E-state index contributed by atoms with van der Waals surface area (Å²) in [6, 6.07) is 18.0. The van der Waals surface area contributed by atoms with Gasteiger partial charge in [-0.05, 0) is 42.0 Å². The molecule has 2 N–H and O–H groups in total. The number of amides is 4. The minimum Gasteiger partial charge on any atom is -0.457 e. The average molecular weight is 446 g/mol. The van der Waals surface area contributed by atoms with E-state index < -0.39 is 6.03 Å². The van der Waals surface area contributed by atoms with Gasteiger partial charge in [0.2, 0.25) is 5.91 Å². The number of imide groups is 1. The summed E-state index contributed by atoms with van der Waals surface area (Å²) >= 11 is 1.55.